The molecule has 1 amide bonds. The third-order valence-electron chi connectivity index (χ3n) is 3.49. The van der Waals surface area contributed by atoms with Gasteiger partial charge in [-0.15, -0.1) is 11.6 Å². The lowest BCUT2D eigenvalue weighted by Gasteiger charge is -2.32. The maximum Gasteiger partial charge on any atom is 0.256 e. The van der Waals surface area contributed by atoms with Gasteiger partial charge in [-0.2, -0.15) is 0 Å². The van der Waals surface area contributed by atoms with E-state index in [9.17, 15) is 13.6 Å². The van der Waals surface area contributed by atoms with Crippen molar-refractivity contribution < 1.29 is 13.6 Å². The van der Waals surface area contributed by atoms with Gasteiger partial charge in [0.1, 0.15) is 11.6 Å². The van der Waals surface area contributed by atoms with E-state index in [1.54, 1.807) is 4.90 Å². The maximum absolute atomic E-state index is 13.6. The lowest BCUT2D eigenvalue weighted by Crippen LogP contribution is -2.40. The van der Waals surface area contributed by atoms with Gasteiger partial charge in [0.2, 0.25) is 0 Å². The first-order chi connectivity index (χ1) is 9.11. The van der Waals surface area contributed by atoms with Crippen LogP contribution in [0, 0.1) is 17.6 Å². The van der Waals surface area contributed by atoms with Crippen molar-refractivity contribution in [3.05, 3.63) is 35.4 Å². The molecule has 1 unspecified atom stereocenters. The van der Waals surface area contributed by atoms with E-state index < -0.39 is 11.6 Å². The Hall–Kier alpha value is -1.16. The largest absolute Gasteiger partial charge is 0.338 e. The van der Waals surface area contributed by atoms with Crippen molar-refractivity contribution in [2.75, 3.05) is 19.0 Å². The van der Waals surface area contributed by atoms with Gasteiger partial charge >= 0.3 is 0 Å². The minimum absolute atomic E-state index is 0.0621. The molecule has 0 aromatic heterocycles. The summed E-state index contributed by atoms with van der Waals surface area (Å²) < 4.78 is 26.4. The molecule has 1 aliphatic rings. The lowest BCUT2D eigenvalue weighted by molar-refractivity contribution is 0.0667. The molecule has 1 saturated heterocycles. The Bertz CT molecular complexity index is 465. The number of piperidine rings is 1. The fourth-order valence-corrected chi connectivity index (χ4v) is 2.78. The summed E-state index contributed by atoms with van der Waals surface area (Å²) in [6.07, 6.45) is 2.80. The van der Waals surface area contributed by atoms with E-state index >= 15 is 0 Å². The Morgan fingerprint density at radius 1 is 1.42 bits per heavy atom. The molecule has 1 atom stereocenters. The smallest absolute Gasteiger partial charge is 0.256 e. The van der Waals surface area contributed by atoms with Crippen LogP contribution in [0.1, 0.15) is 29.6 Å². The van der Waals surface area contributed by atoms with Gasteiger partial charge in [0.15, 0.2) is 0 Å². The van der Waals surface area contributed by atoms with E-state index in [1.165, 1.54) is 6.07 Å². The van der Waals surface area contributed by atoms with Gasteiger partial charge in [0.05, 0.1) is 5.56 Å². The van der Waals surface area contributed by atoms with Gasteiger partial charge in [-0.25, -0.2) is 8.78 Å². The molecule has 19 heavy (non-hydrogen) atoms. The summed E-state index contributed by atoms with van der Waals surface area (Å²) in [6.45, 7) is 1.22. The quantitative estimate of drug-likeness (QED) is 0.780. The molecule has 1 aromatic carbocycles. The van der Waals surface area contributed by atoms with Crippen LogP contribution in [0.2, 0.25) is 0 Å². The zero-order valence-corrected chi connectivity index (χ0v) is 11.3. The van der Waals surface area contributed by atoms with Crippen LogP contribution in [0.25, 0.3) is 0 Å². The standard InChI is InChI=1S/C14H16ClF2NO/c15-6-5-10-2-1-7-18(9-10)14(19)12-4-3-11(16)8-13(12)17/h3-4,8,10H,1-2,5-7,9H2. The first kappa shape index (κ1) is 14.3. The van der Waals surface area contributed by atoms with Crippen molar-refractivity contribution in [2.24, 2.45) is 5.92 Å². The number of amides is 1. The SMILES string of the molecule is O=C(c1ccc(F)cc1F)N1CCCC(CCCl)C1. The molecule has 0 bridgehead atoms. The summed E-state index contributed by atoms with van der Waals surface area (Å²) in [5.74, 6) is -0.898. The molecule has 1 fully saturated rings. The van der Waals surface area contributed by atoms with Gasteiger partial charge in [0, 0.05) is 25.0 Å². The molecule has 0 aliphatic carbocycles. The topological polar surface area (TPSA) is 20.3 Å². The highest BCUT2D eigenvalue weighted by atomic mass is 35.5. The molecule has 1 heterocycles. The molecule has 2 rings (SSSR count). The number of hydrogen-bond acceptors (Lipinski definition) is 1. The van der Waals surface area contributed by atoms with Crippen LogP contribution in [-0.2, 0) is 0 Å². The number of nitrogens with zero attached hydrogens (tertiary/aromatic N) is 1. The highest BCUT2D eigenvalue weighted by Gasteiger charge is 2.25. The summed E-state index contributed by atoms with van der Waals surface area (Å²) in [5.41, 5.74) is -0.0621. The number of carbonyl (C=O) groups is 1. The van der Waals surface area contributed by atoms with E-state index in [-0.39, 0.29) is 11.5 Å². The second-order valence-electron chi connectivity index (χ2n) is 4.86. The summed E-state index contributed by atoms with van der Waals surface area (Å²) in [7, 11) is 0. The van der Waals surface area contributed by atoms with E-state index in [0.29, 0.717) is 24.9 Å². The van der Waals surface area contributed by atoms with Crippen molar-refractivity contribution >= 4 is 17.5 Å². The van der Waals surface area contributed by atoms with Gasteiger partial charge in [-0.3, -0.25) is 4.79 Å². The lowest BCUT2D eigenvalue weighted by atomic mass is 9.95. The van der Waals surface area contributed by atoms with Crippen LogP contribution < -0.4 is 0 Å². The monoisotopic (exact) mass is 287 g/mol. The third kappa shape index (κ3) is 3.44. The molecule has 0 N–H and O–H groups in total. The molecule has 104 valence electrons. The number of halogens is 3. The molecule has 1 aliphatic heterocycles. The fraction of sp³-hybridized carbons (Fsp3) is 0.500. The van der Waals surface area contributed by atoms with Gasteiger partial charge in [-0.1, -0.05) is 0 Å². The number of rotatable bonds is 3. The van der Waals surface area contributed by atoms with Gasteiger partial charge in [0.25, 0.3) is 5.91 Å². The van der Waals surface area contributed by atoms with E-state index in [2.05, 4.69) is 0 Å². The Morgan fingerprint density at radius 2 is 2.21 bits per heavy atom. The number of likely N-dealkylation sites (tertiary alicyclic amines) is 1. The summed E-state index contributed by atoms with van der Waals surface area (Å²) >= 11 is 5.72. The number of carbonyl (C=O) groups excluding carboxylic acids is 1. The van der Waals surface area contributed by atoms with Crippen molar-refractivity contribution in [1.82, 2.24) is 4.90 Å². The first-order valence-corrected chi connectivity index (χ1v) is 6.95. The van der Waals surface area contributed by atoms with Crippen LogP contribution in [0.3, 0.4) is 0 Å². The summed E-state index contributed by atoms with van der Waals surface area (Å²) in [5, 5.41) is 0. The fourth-order valence-electron chi connectivity index (χ4n) is 2.47. The van der Waals surface area contributed by atoms with Crippen LogP contribution in [0.4, 0.5) is 8.78 Å². The summed E-state index contributed by atoms with van der Waals surface area (Å²) in [6, 6.07) is 3.06. The van der Waals surface area contributed by atoms with Crippen molar-refractivity contribution in [3.63, 3.8) is 0 Å². The molecule has 0 radical (unpaired) electrons. The Morgan fingerprint density at radius 3 is 2.89 bits per heavy atom. The predicted octanol–water partition coefficient (Wildman–Crippen LogP) is 3.45. The average molecular weight is 288 g/mol. The predicted molar refractivity (Wildman–Crippen MR) is 70.3 cm³/mol. The van der Waals surface area contributed by atoms with Crippen LogP contribution >= 0.6 is 11.6 Å². The molecule has 5 heteroatoms. The van der Waals surface area contributed by atoms with Gasteiger partial charge < -0.3 is 4.90 Å². The van der Waals surface area contributed by atoms with Crippen molar-refractivity contribution in [1.29, 1.82) is 0 Å². The highest BCUT2D eigenvalue weighted by Crippen LogP contribution is 2.22. The maximum atomic E-state index is 13.6. The molecule has 0 spiro atoms. The van der Waals surface area contributed by atoms with Crippen LogP contribution in [0.15, 0.2) is 18.2 Å². The molecule has 2 nitrogen and oxygen atoms in total. The second-order valence-corrected chi connectivity index (χ2v) is 5.24. The van der Waals surface area contributed by atoms with E-state index in [4.69, 9.17) is 11.6 Å². The Balaban J connectivity index is 2.10. The number of benzene rings is 1. The molecule has 0 saturated carbocycles. The third-order valence-corrected chi connectivity index (χ3v) is 3.70. The number of alkyl halides is 1. The van der Waals surface area contributed by atoms with Crippen LogP contribution in [0.5, 0.6) is 0 Å². The van der Waals surface area contributed by atoms with Gasteiger partial charge in [-0.05, 0) is 37.3 Å². The van der Waals surface area contributed by atoms with Crippen molar-refractivity contribution in [2.45, 2.75) is 19.3 Å². The second kappa shape index (κ2) is 6.33. The average Bonchev–Trinajstić information content (AvgIpc) is 2.39. The van der Waals surface area contributed by atoms with E-state index in [1.807, 2.05) is 0 Å². The Kier molecular flexibility index (Phi) is 4.75. The zero-order valence-electron chi connectivity index (χ0n) is 10.5. The van der Waals surface area contributed by atoms with Crippen LogP contribution in [-0.4, -0.2) is 29.8 Å². The minimum Gasteiger partial charge on any atom is -0.338 e. The first-order valence-electron chi connectivity index (χ1n) is 6.42. The zero-order chi connectivity index (χ0) is 13.8. The minimum atomic E-state index is -0.801. The number of hydrogen-bond donors (Lipinski definition) is 0. The Labute approximate surface area is 116 Å². The highest BCUT2D eigenvalue weighted by molar-refractivity contribution is 6.17. The molecular weight excluding hydrogens is 272 g/mol. The molecular formula is C14H16ClF2NO. The summed E-state index contributed by atoms with van der Waals surface area (Å²) in [4.78, 5) is 13.8. The van der Waals surface area contributed by atoms with E-state index in [0.717, 1.165) is 31.4 Å². The molecule has 1 aromatic rings. The normalized spacial score (nSPS) is 19.5. The van der Waals surface area contributed by atoms with Crippen molar-refractivity contribution in [3.8, 4) is 0 Å².